The predicted molar refractivity (Wildman–Crippen MR) is 103 cm³/mol. The number of hydrogen-bond donors (Lipinski definition) is 1. The van der Waals surface area contributed by atoms with Gasteiger partial charge in [0.15, 0.2) is 11.6 Å². The van der Waals surface area contributed by atoms with Crippen LogP contribution >= 0.6 is 0 Å². The molecule has 144 valence electrons. The minimum atomic E-state index is -1.08. The zero-order chi connectivity index (χ0) is 20.0. The maximum atomic E-state index is 13.4. The van der Waals surface area contributed by atoms with Gasteiger partial charge in [-0.3, -0.25) is 9.59 Å². The molecule has 0 spiro atoms. The van der Waals surface area contributed by atoms with Crippen LogP contribution in [0.4, 0.5) is 25.8 Å². The molecule has 0 unspecified atom stereocenters. The van der Waals surface area contributed by atoms with Gasteiger partial charge in [0.1, 0.15) is 6.54 Å². The quantitative estimate of drug-likeness (QED) is 0.801. The van der Waals surface area contributed by atoms with Crippen molar-refractivity contribution in [3.05, 3.63) is 54.1 Å². The maximum Gasteiger partial charge on any atom is 0.244 e. The standard InChI is InChI=1S/C20H23F2N3O2/c1-4-24(5-2)16-8-6-15(7-9-16)23-20(27)13-25(14(3)26)17-10-11-18(21)19(22)12-17/h6-12H,4-5,13H2,1-3H3,(H,23,27). The van der Waals surface area contributed by atoms with E-state index in [1.54, 1.807) is 12.1 Å². The summed E-state index contributed by atoms with van der Waals surface area (Å²) in [4.78, 5) is 27.4. The molecule has 0 radical (unpaired) electrons. The van der Waals surface area contributed by atoms with Crippen molar-refractivity contribution in [2.45, 2.75) is 20.8 Å². The van der Waals surface area contributed by atoms with Crippen LogP contribution in [0.25, 0.3) is 0 Å². The van der Waals surface area contributed by atoms with E-state index in [-0.39, 0.29) is 12.2 Å². The van der Waals surface area contributed by atoms with Crippen molar-refractivity contribution in [2.24, 2.45) is 0 Å². The summed E-state index contributed by atoms with van der Waals surface area (Å²) in [5.41, 5.74) is 1.75. The van der Waals surface area contributed by atoms with E-state index in [0.29, 0.717) is 5.69 Å². The minimum Gasteiger partial charge on any atom is -0.372 e. The number of carbonyl (C=O) groups is 2. The lowest BCUT2D eigenvalue weighted by Crippen LogP contribution is -2.36. The van der Waals surface area contributed by atoms with Crippen LogP contribution in [0.2, 0.25) is 0 Å². The first-order valence-corrected chi connectivity index (χ1v) is 8.73. The van der Waals surface area contributed by atoms with Crippen LogP contribution in [0, 0.1) is 11.6 Å². The van der Waals surface area contributed by atoms with Crippen molar-refractivity contribution in [1.82, 2.24) is 0 Å². The molecule has 2 amide bonds. The van der Waals surface area contributed by atoms with E-state index in [0.717, 1.165) is 35.8 Å². The molecule has 0 heterocycles. The summed E-state index contributed by atoms with van der Waals surface area (Å²) >= 11 is 0. The monoisotopic (exact) mass is 375 g/mol. The maximum absolute atomic E-state index is 13.4. The van der Waals surface area contributed by atoms with Crippen molar-refractivity contribution in [2.75, 3.05) is 34.8 Å². The topological polar surface area (TPSA) is 52.7 Å². The number of rotatable bonds is 7. The zero-order valence-electron chi connectivity index (χ0n) is 15.6. The highest BCUT2D eigenvalue weighted by Crippen LogP contribution is 2.20. The SMILES string of the molecule is CCN(CC)c1ccc(NC(=O)CN(C(C)=O)c2ccc(F)c(F)c2)cc1. The predicted octanol–water partition coefficient (Wildman–Crippen LogP) is 3.80. The second kappa shape index (κ2) is 9.12. The van der Waals surface area contributed by atoms with Crippen molar-refractivity contribution < 1.29 is 18.4 Å². The van der Waals surface area contributed by atoms with Gasteiger partial charge in [0.25, 0.3) is 0 Å². The molecule has 0 bridgehead atoms. The number of carbonyl (C=O) groups excluding carboxylic acids is 2. The molecule has 27 heavy (non-hydrogen) atoms. The van der Waals surface area contributed by atoms with Gasteiger partial charge >= 0.3 is 0 Å². The van der Waals surface area contributed by atoms with Gasteiger partial charge in [-0.25, -0.2) is 8.78 Å². The number of nitrogens with one attached hydrogen (secondary N) is 1. The molecule has 0 saturated heterocycles. The first-order chi connectivity index (χ1) is 12.8. The van der Waals surface area contributed by atoms with Gasteiger partial charge in [-0.05, 0) is 50.2 Å². The van der Waals surface area contributed by atoms with Gasteiger partial charge in [-0.2, -0.15) is 0 Å². The first-order valence-electron chi connectivity index (χ1n) is 8.73. The van der Waals surface area contributed by atoms with Crippen LogP contribution in [0.1, 0.15) is 20.8 Å². The molecular weight excluding hydrogens is 352 g/mol. The molecule has 2 aromatic rings. The third-order valence-corrected chi connectivity index (χ3v) is 4.18. The number of benzene rings is 2. The molecule has 7 heteroatoms. The third kappa shape index (κ3) is 5.26. The van der Waals surface area contributed by atoms with Crippen molar-refractivity contribution >= 4 is 28.9 Å². The Balaban J connectivity index is 2.07. The molecule has 1 N–H and O–H groups in total. The number of amides is 2. The fourth-order valence-corrected chi connectivity index (χ4v) is 2.73. The van der Waals surface area contributed by atoms with Gasteiger partial charge in [0.2, 0.25) is 11.8 Å². The van der Waals surface area contributed by atoms with Crippen LogP contribution < -0.4 is 15.1 Å². The van der Waals surface area contributed by atoms with E-state index in [9.17, 15) is 18.4 Å². The highest BCUT2D eigenvalue weighted by molar-refractivity contribution is 6.01. The molecule has 0 aromatic heterocycles. The third-order valence-electron chi connectivity index (χ3n) is 4.18. The Morgan fingerprint density at radius 2 is 1.52 bits per heavy atom. The molecule has 2 rings (SSSR count). The molecule has 0 aliphatic heterocycles. The Labute approximate surface area is 157 Å². The Kier molecular flexibility index (Phi) is 6.87. The Morgan fingerprint density at radius 1 is 0.926 bits per heavy atom. The number of hydrogen-bond acceptors (Lipinski definition) is 3. The Hall–Kier alpha value is -2.96. The summed E-state index contributed by atoms with van der Waals surface area (Å²) in [6, 6.07) is 10.4. The van der Waals surface area contributed by atoms with Crippen LogP contribution in [-0.4, -0.2) is 31.4 Å². The lowest BCUT2D eigenvalue weighted by Gasteiger charge is -2.22. The fourth-order valence-electron chi connectivity index (χ4n) is 2.73. The molecule has 0 aliphatic carbocycles. The summed E-state index contributed by atoms with van der Waals surface area (Å²) in [5.74, 6) is -2.98. The summed E-state index contributed by atoms with van der Waals surface area (Å²) in [6.07, 6.45) is 0. The Morgan fingerprint density at radius 3 is 2.04 bits per heavy atom. The van der Waals surface area contributed by atoms with Crippen molar-refractivity contribution in [1.29, 1.82) is 0 Å². The van der Waals surface area contributed by atoms with E-state index in [4.69, 9.17) is 0 Å². The highest BCUT2D eigenvalue weighted by atomic mass is 19.2. The largest absolute Gasteiger partial charge is 0.372 e. The molecule has 0 atom stereocenters. The van der Waals surface area contributed by atoms with Crippen LogP contribution in [0.3, 0.4) is 0 Å². The van der Waals surface area contributed by atoms with E-state index >= 15 is 0 Å². The van der Waals surface area contributed by atoms with Gasteiger partial charge in [-0.1, -0.05) is 0 Å². The van der Waals surface area contributed by atoms with Crippen LogP contribution in [-0.2, 0) is 9.59 Å². The van der Waals surface area contributed by atoms with Gasteiger partial charge in [0.05, 0.1) is 0 Å². The fraction of sp³-hybridized carbons (Fsp3) is 0.300. The van der Waals surface area contributed by atoms with E-state index < -0.39 is 23.4 Å². The number of nitrogens with zero attached hydrogens (tertiary/aromatic N) is 2. The zero-order valence-corrected chi connectivity index (χ0v) is 15.6. The second-order valence-corrected chi connectivity index (χ2v) is 5.97. The summed E-state index contributed by atoms with van der Waals surface area (Å²) in [6.45, 7) is 6.83. The van der Waals surface area contributed by atoms with Crippen molar-refractivity contribution in [3.63, 3.8) is 0 Å². The first kappa shape index (κ1) is 20.4. The van der Waals surface area contributed by atoms with E-state index in [1.807, 2.05) is 12.1 Å². The van der Waals surface area contributed by atoms with E-state index in [2.05, 4.69) is 24.1 Å². The van der Waals surface area contributed by atoms with E-state index in [1.165, 1.54) is 13.0 Å². The average Bonchev–Trinajstić information content (AvgIpc) is 2.64. The highest BCUT2D eigenvalue weighted by Gasteiger charge is 2.17. The molecular formula is C20H23F2N3O2. The van der Waals surface area contributed by atoms with Gasteiger partial charge in [-0.15, -0.1) is 0 Å². The molecule has 0 saturated carbocycles. The van der Waals surface area contributed by atoms with Crippen molar-refractivity contribution in [3.8, 4) is 0 Å². The lowest BCUT2D eigenvalue weighted by molar-refractivity contribution is -0.120. The number of halogens is 2. The summed E-state index contributed by atoms with van der Waals surface area (Å²) < 4.78 is 26.5. The smallest absolute Gasteiger partial charge is 0.244 e. The molecule has 0 fully saturated rings. The number of anilines is 3. The molecule has 0 aliphatic rings. The summed E-state index contributed by atoms with van der Waals surface area (Å²) in [5, 5.41) is 2.71. The minimum absolute atomic E-state index is 0.119. The normalized spacial score (nSPS) is 10.4. The molecule has 5 nitrogen and oxygen atoms in total. The second-order valence-electron chi connectivity index (χ2n) is 5.97. The summed E-state index contributed by atoms with van der Waals surface area (Å²) in [7, 11) is 0. The van der Waals surface area contributed by atoms with Crippen LogP contribution in [0.15, 0.2) is 42.5 Å². The average molecular weight is 375 g/mol. The molecule has 2 aromatic carbocycles. The Bertz CT molecular complexity index is 805. The van der Waals surface area contributed by atoms with Gasteiger partial charge in [0, 0.05) is 43.1 Å². The lowest BCUT2D eigenvalue weighted by atomic mass is 10.2. The van der Waals surface area contributed by atoms with Gasteiger partial charge < -0.3 is 15.1 Å². The van der Waals surface area contributed by atoms with Crippen LogP contribution in [0.5, 0.6) is 0 Å².